The number of nitrogens with one attached hydrogen (secondary N) is 4. The van der Waals surface area contributed by atoms with Gasteiger partial charge in [0.05, 0.1) is 22.2 Å². The van der Waals surface area contributed by atoms with Crippen molar-refractivity contribution in [1.29, 1.82) is 0 Å². The van der Waals surface area contributed by atoms with Crippen molar-refractivity contribution in [3.8, 4) is 16.9 Å². The molecule has 1 aliphatic heterocycles. The Kier molecular flexibility index (Phi) is 8.30. The highest BCUT2D eigenvalue weighted by Gasteiger charge is 2.38. The average Bonchev–Trinajstić information content (AvgIpc) is 3.43. The zero-order chi connectivity index (χ0) is 33.3. The van der Waals surface area contributed by atoms with Crippen molar-refractivity contribution in [2.45, 2.75) is 37.9 Å². The highest BCUT2D eigenvalue weighted by Crippen LogP contribution is 2.36. The molecule has 0 spiro atoms. The highest BCUT2D eigenvalue weighted by atomic mass is 32.2. The molecule has 47 heavy (non-hydrogen) atoms. The lowest BCUT2D eigenvalue weighted by atomic mass is 10.1. The van der Waals surface area contributed by atoms with E-state index in [9.17, 15) is 18.3 Å². The van der Waals surface area contributed by atoms with Crippen LogP contribution in [-0.4, -0.2) is 57.8 Å². The molecule has 2 aromatic carbocycles. The Hall–Kier alpha value is -5.83. The lowest BCUT2D eigenvalue weighted by molar-refractivity contribution is 0.0954. The van der Waals surface area contributed by atoms with Gasteiger partial charge < -0.3 is 26.9 Å². The number of nitrogens with zero attached hydrogens (tertiary/aromatic N) is 5. The third-order valence-corrected chi connectivity index (χ3v) is 9.10. The van der Waals surface area contributed by atoms with E-state index in [1.807, 2.05) is 63.4 Å². The van der Waals surface area contributed by atoms with Crippen LogP contribution in [0.3, 0.4) is 0 Å². The van der Waals surface area contributed by atoms with Gasteiger partial charge in [0.25, 0.3) is 15.9 Å². The fourth-order valence-electron chi connectivity index (χ4n) is 5.46. The van der Waals surface area contributed by atoms with Gasteiger partial charge in [0.15, 0.2) is 0 Å². The molecule has 7 N–H and O–H groups in total. The quantitative estimate of drug-likeness (QED) is 0.126. The number of hydrogen-bond acceptors (Lipinski definition) is 11. The van der Waals surface area contributed by atoms with E-state index in [1.165, 1.54) is 30.6 Å². The summed E-state index contributed by atoms with van der Waals surface area (Å²) in [5, 5.41) is 16.1. The van der Waals surface area contributed by atoms with Crippen molar-refractivity contribution >= 4 is 44.8 Å². The molecule has 4 heterocycles. The third-order valence-electron chi connectivity index (χ3n) is 7.72. The van der Waals surface area contributed by atoms with Crippen LogP contribution in [0.15, 0.2) is 90.3 Å². The SMILES string of the molecule is CCNc1ncc(-c2c(N)ncnc2N[C@@H](C)C2Nn3ccc(C)c3C(=O)N2c2ccccc2)cc1NS(=O)(=O)c1ccc(O)cc1. The summed E-state index contributed by atoms with van der Waals surface area (Å²) in [6, 6.07) is 17.6. The number of carbonyl (C=O) groups excluding carboxylic acids is 1. The summed E-state index contributed by atoms with van der Waals surface area (Å²) in [6.07, 6.45) is 4.13. The molecule has 0 saturated heterocycles. The second-order valence-corrected chi connectivity index (χ2v) is 12.6. The topological polar surface area (TPSA) is 192 Å². The first-order valence-electron chi connectivity index (χ1n) is 14.8. The number of phenols is 1. The largest absolute Gasteiger partial charge is 0.508 e. The average molecular weight is 655 g/mol. The predicted octanol–water partition coefficient (Wildman–Crippen LogP) is 4.20. The number of hydrogen-bond donors (Lipinski definition) is 6. The number of fused-ring (bicyclic) bond motifs is 1. The number of amides is 1. The Labute approximate surface area is 271 Å². The van der Waals surface area contributed by atoms with Crippen molar-refractivity contribution in [3.63, 3.8) is 0 Å². The Morgan fingerprint density at radius 2 is 1.79 bits per heavy atom. The second-order valence-electron chi connectivity index (χ2n) is 11.0. The summed E-state index contributed by atoms with van der Waals surface area (Å²) < 4.78 is 30.9. The first kappa shape index (κ1) is 31.2. The Balaban J connectivity index is 1.36. The van der Waals surface area contributed by atoms with Crippen LogP contribution in [0.25, 0.3) is 11.1 Å². The molecule has 6 rings (SSSR count). The smallest absolute Gasteiger partial charge is 0.278 e. The van der Waals surface area contributed by atoms with Gasteiger partial charge in [0.2, 0.25) is 0 Å². The number of aromatic hydroxyl groups is 1. The van der Waals surface area contributed by atoms with E-state index >= 15 is 0 Å². The number of carbonyl (C=O) groups is 1. The normalized spacial score (nSPS) is 15.0. The molecule has 5 aromatic rings. The number of aryl methyl sites for hydroxylation is 1. The number of nitrogen functional groups attached to an aromatic ring is 1. The fraction of sp³-hybridized carbons (Fsp3) is 0.188. The Morgan fingerprint density at radius 1 is 1.04 bits per heavy atom. The van der Waals surface area contributed by atoms with Gasteiger partial charge in [0, 0.05) is 30.2 Å². The van der Waals surface area contributed by atoms with Gasteiger partial charge in [-0.1, -0.05) is 18.2 Å². The first-order chi connectivity index (χ1) is 22.6. The Morgan fingerprint density at radius 3 is 2.51 bits per heavy atom. The molecule has 3 aromatic heterocycles. The molecule has 0 radical (unpaired) electrons. The van der Waals surface area contributed by atoms with Crippen LogP contribution >= 0.6 is 0 Å². The number of aromatic nitrogens is 4. The van der Waals surface area contributed by atoms with Gasteiger partial charge in [-0.15, -0.1) is 0 Å². The number of anilines is 5. The number of nitrogens with two attached hydrogens (primary N) is 1. The van der Waals surface area contributed by atoms with Gasteiger partial charge in [-0.3, -0.25) is 19.1 Å². The molecular weight excluding hydrogens is 620 g/mol. The molecule has 1 unspecified atom stereocenters. The van der Waals surface area contributed by atoms with E-state index in [1.54, 1.807) is 21.8 Å². The van der Waals surface area contributed by atoms with Crippen LogP contribution in [-0.2, 0) is 10.0 Å². The fourth-order valence-corrected chi connectivity index (χ4v) is 6.51. The number of phenolic OH excluding ortho intramolecular Hbond substituents is 1. The van der Waals surface area contributed by atoms with Gasteiger partial charge in [0.1, 0.15) is 41.4 Å². The van der Waals surface area contributed by atoms with Crippen molar-refractivity contribution in [2.75, 3.05) is 38.0 Å². The van der Waals surface area contributed by atoms with Crippen molar-refractivity contribution < 1.29 is 18.3 Å². The summed E-state index contributed by atoms with van der Waals surface area (Å²) in [5.41, 5.74) is 13.0. The first-order valence-corrected chi connectivity index (χ1v) is 16.3. The van der Waals surface area contributed by atoms with E-state index in [-0.39, 0.29) is 28.1 Å². The summed E-state index contributed by atoms with van der Waals surface area (Å²) in [6.45, 7) is 6.14. The maximum atomic E-state index is 13.9. The molecule has 15 heteroatoms. The number of sulfonamides is 1. The molecular formula is C32H34N10O4S. The van der Waals surface area contributed by atoms with Crippen molar-refractivity contribution in [3.05, 3.63) is 96.7 Å². The van der Waals surface area contributed by atoms with Crippen molar-refractivity contribution in [1.82, 2.24) is 19.6 Å². The summed E-state index contributed by atoms with van der Waals surface area (Å²) in [5.74, 6) is 0.576. The van der Waals surface area contributed by atoms with Crippen LogP contribution in [0.5, 0.6) is 5.75 Å². The van der Waals surface area contributed by atoms with E-state index in [2.05, 4.69) is 35.7 Å². The lowest BCUT2D eigenvalue weighted by Crippen LogP contribution is -2.59. The standard InChI is InChI=1S/C32H34N10O4S/c1-4-34-29-25(40-47(45,46)24-12-10-23(43)11-13-24)16-21(17-35-29)26-28(33)36-18-37-30(26)38-20(3)31-39-41-15-14-19(2)27(41)32(44)42(31)22-8-6-5-7-9-22/h5-18,20,31,39-40,43H,4H2,1-3H3,(H,34,35)(H3,33,36,37,38)/t20-,31?/m0/s1. The minimum absolute atomic E-state index is 0.0413. The molecule has 242 valence electrons. The summed E-state index contributed by atoms with van der Waals surface area (Å²) in [7, 11) is -4.05. The number of pyridine rings is 1. The highest BCUT2D eigenvalue weighted by molar-refractivity contribution is 7.92. The van der Waals surface area contributed by atoms with Gasteiger partial charge in [-0.05, 0) is 74.9 Å². The van der Waals surface area contributed by atoms with Crippen LogP contribution in [0.4, 0.5) is 28.8 Å². The van der Waals surface area contributed by atoms with Gasteiger partial charge in [-0.25, -0.2) is 23.4 Å². The molecule has 0 saturated carbocycles. The summed E-state index contributed by atoms with van der Waals surface area (Å²) >= 11 is 0. The summed E-state index contributed by atoms with van der Waals surface area (Å²) in [4.78, 5) is 28.7. The zero-order valence-corrected chi connectivity index (χ0v) is 26.7. The van der Waals surface area contributed by atoms with E-state index in [0.717, 1.165) is 5.56 Å². The minimum Gasteiger partial charge on any atom is -0.508 e. The molecule has 2 atom stereocenters. The number of para-hydroxylation sites is 1. The number of benzene rings is 2. The zero-order valence-electron chi connectivity index (χ0n) is 25.8. The second kappa shape index (κ2) is 12.5. The van der Waals surface area contributed by atoms with Crippen LogP contribution in [0.1, 0.15) is 29.9 Å². The molecule has 1 amide bonds. The van der Waals surface area contributed by atoms with Crippen LogP contribution in [0, 0.1) is 6.92 Å². The van der Waals surface area contributed by atoms with Crippen molar-refractivity contribution in [2.24, 2.45) is 0 Å². The minimum atomic E-state index is -4.05. The molecule has 1 aliphatic rings. The van der Waals surface area contributed by atoms with E-state index in [0.29, 0.717) is 40.7 Å². The van der Waals surface area contributed by atoms with Gasteiger partial charge >= 0.3 is 0 Å². The molecule has 0 aliphatic carbocycles. The van der Waals surface area contributed by atoms with E-state index < -0.39 is 22.2 Å². The molecule has 0 bridgehead atoms. The predicted molar refractivity (Wildman–Crippen MR) is 181 cm³/mol. The molecule has 14 nitrogen and oxygen atoms in total. The monoisotopic (exact) mass is 654 g/mol. The maximum absolute atomic E-state index is 13.9. The number of rotatable bonds is 10. The van der Waals surface area contributed by atoms with Crippen LogP contribution < -0.4 is 31.4 Å². The maximum Gasteiger partial charge on any atom is 0.278 e. The van der Waals surface area contributed by atoms with E-state index in [4.69, 9.17) is 5.73 Å². The molecule has 0 fully saturated rings. The lowest BCUT2D eigenvalue weighted by Gasteiger charge is -2.41. The Bertz CT molecular complexity index is 2040. The third kappa shape index (κ3) is 6.07. The van der Waals surface area contributed by atoms with Gasteiger partial charge in [-0.2, -0.15) is 0 Å². The van der Waals surface area contributed by atoms with Crippen LogP contribution in [0.2, 0.25) is 0 Å².